The third-order valence-electron chi connectivity index (χ3n) is 2.16. The Morgan fingerprint density at radius 2 is 2.24 bits per heavy atom. The first-order valence-corrected chi connectivity index (χ1v) is 5.22. The topological polar surface area (TPSA) is 77.0 Å². The van der Waals surface area contributed by atoms with E-state index in [0.717, 1.165) is 0 Å². The van der Waals surface area contributed by atoms with E-state index in [0.29, 0.717) is 36.1 Å². The molecule has 1 aromatic carbocycles. The third-order valence-corrected chi connectivity index (χ3v) is 2.16. The molecule has 0 saturated carbocycles. The van der Waals surface area contributed by atoms with Crippen LogP contribution in [0.4, 0.5) is 15.8 Å². The van der Waals surface area contributed by atoms with Crippen molar-refractivity contribution in [3.05, 3.63) is 35.7 Å². The highest BCUT2D eigenvalue weighted by molar-refractivity contribution is 5.54. The van der Waals surface area contributed by atoms with Crippen LogP contribution in [-0.2, 0) is 6.42 Å². The molecule has 0 atom stereocenters. The number of rotatable bonds is 4. The molecule has 0 unspecified atom stereocenters. The standard InChI is InChI=1S/C11H13FN4O/c1-7-15-11(17-16-7)2-3-14-10-5-8(12)4-9(13)6-10/h4-6,14H,2-3,13H2,1H3. The van der Waals surface area contributed by atoms with Crippen LogP contribution in [-0.4, -0.2) is 16.7 Å². The summed E-state index contributed by atoms with van der Waals surface area (Å²) in [6, 6.07) is 4.32. The van der Waals surface area contributed by atoms with Crippen LogP contribution in [0.3, 0.4) is 0 Å². The molecule has 0 aliphatic rings. The SMILES string of the molecule is Cc1noc(CCNc2cc(N)cc(F)c2)n1. The van der Waals surface area contributed by atoms with Gasteiger partial charge in [0.1, 0.15) is 5.82 Å². The van der Waals surface area contributed by atoms with E-state index in [2.05, 4.69) is 15.5 Å². The fourth-order valence-electron chi connectivity index (χ4n) is 1.47. The molecule has 0 bridgehead atoms. The van der Waals surface area contributed by atoms with Gasteiger partial charge < -0.3 is 15.6 Å². The van der Waals surface area contributed by atoms with E-state index in [1.807, 2.05) is 0 Å². The predicted octanol–water partition coefficient (Wildman–Crippen LogP) is 1.75. The highest BCUT2D eigenvalue weighted by atomic mass is 19.1. The van der Waals surface area contributed by atoms with Gasteiger partial charge >= 0.3 is 0 Å². The Bertz CT molecular complexity index is 492. The first kappa shape index (κ1) is 11.4. The zero-order valence-electron chi connectivity index (χ0n) is 9.40. The summed E-state index contributed by atoms with van der Waals surface area (Å²) in [5.74, 6) is 0.801. The van der Waals surface area contributed by atoms with E-state index in [1.165, 1.54) is 12.1 Å². The van der Waals surface area contributed by atoms with Crippen molar-refractivity contribution in [2.24, 2.45) is 0 Å². The Hall–Kier alpha value is -2.11. The summed E-state index contributed by atoms with van der Waals surface area (Å²) < 4.78 is 18.0. The number of nitrogens with two attached hydrogens (primary N) is 1. The number of aromatic nitrogens is 2. The fraction of sp³-hybridized carbons (Fsp3) is 0.273. The van der Waals surface area contributed by atoms with Crippen LogP contribution >= 0.6 is 0 Å². The normalized spacial score (nSPS) is 10.5. The summed E-state index contributed by atoms with van der Waals surface area (Å²) in [4.78, 5) is 4.06. The summed E-state index contributed by atoms with van der Waals surface area (Å²) in [7, 11) is 0. The molecule has 0 spiro atoms. The lowest BCUT2D eigenvalue weighted by Gasteiger charge is -2.05. The number of anilines is 2. The first-order valence-electron chi connectivity index (χ1n) is 5.22. The van der Waals surface area contributed by atoms with Crippen LogP contribution in [0.25, 0.3) is 0 Å². The zero-order valence-corrected chi connectivity index (χ0v) is 9.40. The van der Waals surface area contributed by atoms with Gasteiger partial charge in [0.25, 0.3) is 0 Å². The molecule has 3 N–H and O–H groups in total. The summed E-state index contributed by atoms with van der Waals surface area (Å²) in [5.41, 5.74) is 6.55. The van der Waals surface area contributed by atoms with Crippen LogP contribution < -0.4 is 11.1 Å². The van der Waals surface area contributed by atoms with Gasteiger partial charge in [0.2, 0.25) is 5.89 Å². The minimum atomic E-state index is -0.360. The van der Waals surface area contributed by atoms with Crippen molar-refractivity contribution in [3.63, 3.8) is 0 Å². The molecule has 90 valence electrons. The third kappa shape index (κ3) is 3.17. The fourth-order valence-corrected chi connectivity index (χ4v) is 1.47. The van der Waals surface area contributed by atoms with Crippen molar-refractivity contribution in [1.82, 2.24) is 10.1 Å². The van der Waals surface area contributed by atoms with E-state index < -0.39 is 0 Å². The zero-order chi connectivity index (χ0) is 12.3. The molecule has 0 radical (unpaired) electrons. The van der Waals surface area contributed by atoms with Gasteiger partial charge in [-0.25, -0.2) is 4.39 Å². The highest BCUT2D eigenvalue weighted by Gasteiger charge is 2.02. The van der Waals surface area contributed by atoms with E-state index in [4.69, 9.17) is 10.3 Å². The number of hydrogen-bond acceptors (Lipinski definition) is 5. The van der Waals surface area contributed by atoms with Gasteiger partial charge in [-0.3, -0.25) is 0 Å². The van der Waals surface area contributed by atoms with Gasteiger partial charge in [-0.05, 0) is 25.1 Å². The number of hydrogen-bond donors (Lipinski definition) is 2. The number of benzene rings is 1. The molecule has 0 aliphatic heterocycles. The van der Waals surface area contributed by atoms with Gasteiger partial charge in [0.15, 0.2) is 5.82 Å². The van der Waals surface area contributed by atoms with Gasteiger partial charge in [-0.1, -0.05) is 5.16 Å². The molecule has 1 heterocycles. The van der Waals surface area contributed by atoms with Crippen molar-refractivity contribution < 1.29 is 8.91 Å². The predicted molar refractivity (Wildman–Crippen MR) is 62.0 cm³/mol. The number of halogens is 1. The maximum atomic E-state index is 13.0. The molecule has 6 heteroatoms. The molecule has 0 aliphatic carbocycles. The summed E-state index contributed by atoms with van der Waals surface area (Å²) >= 11 is 0. The number of aryl methyl sites for hydroxylation is 1. The van der Waals surface area contributed by atoms with Crippen molar-refractivity contribution in [2.45, 2.75) is 13.3 Å². The minimum absolute atomic E-state index is 0.360. The lowest BCUT2D eigenvalue weighted by atomic mass is 10.2. The van der Waals surface area contributed by atoms with E-state index in [-0.39, 0.29) is 5.82 Å². The van der Waals surface area contributed by atoms with Crippen LogP contribution in [0.2, 0.25) is 0 Å². The molecule has 0 saturated heterocycles. The largest absolute Gasteiger partial charge is 0.399 e. The average Bonchev–Trinajstić information content (AvgIpc) is 2.63. The first-order chi connectivity index (χ1) is 8.13. The van der Waals surface area contributed by atoms with E-state index in [1.54, 1.807) is 13.0 Å². The van der Waals surface area contributed by atoms with Crippen LogP contribution in [0.1, 0.15) is 11.7 Å². The molecule has 2 rings (SSSR count). The maximum absolute atomic E-state index is 13.0. The highest BCUT2D eigenvalue weighted by Crippen LogP contribution is 2.15. The smallest absolute Gasteiger partial charge is 0.228 e. The molecule has 0 fully saturated rings. The number of nitrogens with zero attached hydrogens (tertiary/aromatic N) is 2. The molecule has 17 heavy (non-hydrogen) atoms. The quantitative estimate of drug-likeness (QED) is 0.791. The average molecular weight is 236 g/mol. The molecule has 2 aromatic rings. The Labute approximate surface area is 97.8 Å². The Morgan fingerprint density at radius 3 is 2.88 bits per heavy atom. The Kier molecular flexibility index (Phi) is 3.22. The molecule has 1 aromatic heterocycles. The second-order valence-corrected chi connectivity index (χ2v) is 3.69. The van der Waals surface area contributed by atoms with Crippen LogP contribution in [0.5, 0.6) is 0 Å². The lowest BCUT2D eigenvalue weighted by molar-refractivity contribution is 0.377. The monoisotopic (exact) mass is 236 g/mol. The van der Waals surface area contributed by atoms with Crippen molar-refractivity contribution >= 4 is 11.4 Å². The number of nitrogen functional groups attached to an aromatic ring is 1. The van der Waals surface area contributed by atoms with Crippen LogP contribution in [0, 0.1) is 12.7 Å². The van der Waals surface area contributed by atoms with Crippen molar-refractivity contribution in [2.75, 3.05) is 17.6 Å². The second-order valence-electron chi connectivity index (χ2n) is 3.69. The summed E-state index contributed by atoms with van der Waals surface area (Å²) in [5, 5.41) is 6.71. The second kappa shape index (κ2) is 4.82. The van der Waals surface area contributed by atoms with E-state index >= 15 is 0 Å². The molecule has 0 amide bonds. The maximum Gasteiger partial charge on any atom is 0.228 e. The van der Waals surface area contributed by atoms with Gasteiger partial charge in [0, 0.05) is 24.3 Å². The van der Waals surface area contributed by atoms with Crippen molar-refractivity contribution in [3.8, 4) is 0 Å². The molecular formula is C11H13FN4O. The summed E-state index contributed by atoms with van der Waals surface area (Å²) in [6.45, 7) is 2.33. The number of nitrogens with one attached hydrogen (secondary N) is 1. The van der Waals surface area contributed by atoms with Gasteiger partial charge in [0.05, 0.1) is 0 Å². The minimum Gasteiger partial charge on any atom is -0.399 e. The van der Waals surface area contributed by atoms with Crippen LogP contribution in [0.15, 0.2) is 22.7 Å². The Morgan fingerprint density at radius 1 is 1.41 bits per heavy atom. The van der Waals surface area contributed by atoms with Gasteiger partial charge in [-0.15, -0.1) is 0 Å². The molecular weight excluding hydrogens is 223 g/mol. The van der Waals surface area contributed by atoms with E-state index in [9.17, 15) is 4.39 Å². The molecule has 5 nitrogen and oxygen atoms in total. The van der Waals surface area contributed by atoms with Gasteiger partial charge in [-0.2, -0.15) is 4.98 Å². The summed E-state index contributed by atoms with van der Waals surface area (Å²) in [6.07, 6.45) is 0.581. The lowest BCUT2D eigenvalue weighted by Crippen LogP contribution is -2.05. The Balaban J connectivity index is 1.89. The van der Waals surface area contributed by atoms with Crippen molar-refractivity contribution in [1.29, 1.82) is 0 Å².